The van der Waals surface area contributed by atoms with Gasteiger partial charge in [-0.25, -0.2) is 13.4 Å². The summed E-state index contributed by atoms with van der Waals surface area (Å²) in [6.45, 7) is 4.61. The maximum Gasteiger partial charge on any atom is 0.274 e. The van der Waals surface area contributed by atoms with Crippen molar-refractivity contribution in [2.24, 2.45) is 0 Å². The van der Waals surface area contributed by atoms with Crippen LogP contribution in [0.15, 0.2) is 22.8 Å². The molecule has 0 aliphatic heterocycles. The van der Waals surface area contributed by atoms with Gasteiger partial charge in [0.15, 0.2) is 10.0 Å². The Labute approximate surface area is 110 Å². The molecule has 1 N–H and O–H groups in total. The molecule has 2 aromatic heterocycles. The number of anilines is 1. The fourth-order valence-electron chi connectivity index (χ4n) is 1.45. The van der Waals surface area contributed by atoms with Crippen molar-refractivity contribution >= 4 is 27.4 Å². The number of rotatable bonds is 5. The molecule has 0 fully saturated rings. The van der Waals surface area contributed by atoms with E-state index in [1.54, 1.807) is 19.4 Å². The molecular formula is C10H14N4O2S2. The molecule has 0 saturated carbocycles. The molecule has 0 saturated heterocycles. The van der Waals surface area contributed by atoms with Gasteiger partial charge >= 0.3 is 0 Å². The maximum absolute atomic E-state index is 12.0. The van der Waals surface area contributed by atoms with Crippen LogP contribution in [-0.2, 0) is 16.6 Å². The Morgan fingerprint density at radius 1 is 1.50 bits per heavy atom. The van der Waals surface area contributed by atoms with Crippen LogP contribution < -0.4 is 4.72 Å². The summed E-state index contributed by atoms with van der Waals surface area (Å²) in [5, 5.41) is 0. The number of aromatic nitrogens is 3. The third-order valence-corrected chi connectivity index (χ3v) is 4.91. The number of nitrogens with zero attached hydrogens (tertiary/aromatic N) is 3. The van der Waals surface area contributed by atoms with E-state index >= 15 is 0 Å². The summed E-state index contributed by atoms with van der Waals surface area (Å²) in [6, 6.07) is 1.54. The van der Waals surface area contributed by atoms with E-state index < -0.39 is 10.0 Å². The number of hydrogen-bond donors (Lipinski definition) is 1. The molecule has 2 aromatic rings. The van der Waals surface area contributed by atoms with Gasteiger partial charge in [-0.1, -0.05) is 6.92 Å². The minimum absolute atomic E-state index is 0.199. The lowest BCUT2D eigenvalue weighted by Crippen LogP contribution is -2.11. The van der Waals surface area contributed by atoms with Gasteiger partial charge in [0.2, 0.25) is 0 Å². The zero-order valence-electron chi connectivity index (χ0n) is 10.1. The topological polar surface area (TPSA) is 76.9 Å². The van der Waals surface area contributed by atoms with E-state index in [1.165, 1.54) is 6.07 Å². The predicted molar refractivity (Wildman–Crippen MR) is 70.2 cm³/mol. The molecule has 2 heterocycles. The highest BCUT2D eigenvalue weighted by Gasteiger charge is 2.18. The minimum atomic E-state index is -3.56. The van der Waals surface area contributed by atoms with Gasteiger partial charge in [-0.2, -0.15) is 4.37 Å². The first-order valence-corrected chi connectivity index (χ1v) is 7.75. The molecule has 0 radical (unpaired) electrons. The van der Waals surface area contributed by atoms with Gasteiger partial charge in [0.05, 0.1) is 12.0 Å². The molecule has 98 valence electrons. The minimum Gasteiger partial charge on any atom is -0.335 e. The van der Waals surface area contributed by atoms with Crippen molar-refractivity contribution in [3.05, 3.63) is 24.3 Å². The first-order chi connectivity index (χ1) is 8.51. The second kappa shape index (κ2) is 5.07. The summed E-state index contributed by atoms with van der Waals surface area (Å²) in [6.07, 6.45) is 4.25. The molecule has 0 aliphatic carbocycles. The molecule has 0 spiro atoms. The monoisotopic (exact) mass is 286 g/mol. The second-order valence-corrected chi connectivity index (χ2v) is 6.60. The SMILES string of the molecule is CCCn1cnc(NS(=O)(=O)c2cc(C)ns2)c1. The van der Waals surface area contributed by atoms with Crippen molar-refractivity contribution in [2.75, 3.05) is 4.72 Å². The molecule has 6 nitrogen and oxygen atoms in total. The lowest BCUT2D eigenvalue weighted by molar-refractivity contribution is 0.603. The lowest BCUT2D eigenvalue weighted by atomic mass is 10.5. The third kappa shape index (κ3) is 2.88. The summed E-state index contributed by atoms with van der Waals surface area (Å²) >= 11 is 0.958. The molecular weight excluding hydrogens is 272 g/mol. The molecule has 2 rings (SSSR count). The van der Waals surface area contributed by atoms with E-state index in [0.717, 1.165) is 24.5 Å². The smallest absolute Gasteiger partial charge is 0.274 e. The highest BCUT2D eigenvalue weighted by atomic mass is 32.2. The van der Waals surface area contributed by atoms with Crippen LogP contribution in [-0.4, -0.2) is 22.3 Å². The Kier molecular flexibility index (Phi) is 3.67. The van der Waals surface area contributed by atoms with Gasteiger partial charge in [-0.05, 0) is 30.9 Å². The summed E-state index contributed by atoms with van der Waals surface area (Å²) in [5.74, 6) is 0.328. The van der Waals surface area contributed by atoms with Crippen LogP contribution in [0.5, 0.6) is 0 Å². The van der Waals surface area contributed by atoms with Crippen LogP contribution in [0.2, 0.25) is 0 Å². The molecule has 0 bridgehead atoms. The van der Waals surface area contributed by atoms with E-state index in [0.29, 0.717) is 11.5 Å². The Morgan fingerprint density at radius 3 is 2.89 bits per heavy atom. The Hall–Kier alpha value is -1.41. The van der Waals surface area contributed by atoms with Crippen LogP contribution in [0.1, 0.15) is 19.0 Å². The van der Waals surface area contributed by atoms with Gasteiger partial charge in [-0.15, -0.1) is 0 Å². The fourth-order valence-corrected chi connectivity index (χ4v) is 3.39. The second-order valence-electron chi connectivity index (χ2n) is 3.89. The van der Waals surface area contributed by atoms with Crippen LogP contribution in [0.3, 0.4) is 0 Å². The normalized spacial score (nSPS) is 11.7. The van der Waals surface area contributed by atoms with Gasteiger partial charge in [0.25, 0.3) is 10.0 Å². The Balaban J connectivity index is 2.17. The van der Waals surface area contributed by atoms with Crippen molar-refractivity contribution in [2.45, 2.75) is 31.0 Å². The standard InChI is InChI=1S/C10H14N4O2S2/c1-3-4-14-6-9(11-7-14)13-18(15,16)10-5-8(2)12-17-10/h5-7,13H,3-4H2,1-2H3. The summed E-state index contributed by atoms with van der Waals surface area (Å²) < 4.78 is 32.4. The maximum atomic E-state index is 12.0. The summed E-state index contributed by atoms with van der Waals surface area (Å²) in [5.41, 5.74) is 0.692. The zero-order chi connectivity index (χ0) is 13.2. The average Bonchev–Trinajstić information content (AvgIpc) is 2.88. The number of sulfonamides is 1. The van der Waals surface area contributed by atoms with E-state index in [1.807, 2.05) is 11.5 Å². The van der Waals surface area contributed by atoms with Crippen molar-refractivity contribution in [1.82, 2.24) is 13.9 Å². The first-order valence-electron chi connectivity index (χ1n) is 5.49. The number of nitrogens with one attached hydrogen (secondary N) is 1. The van der Waals surface area contributed by atoms with Crippen LogP contribution in [0.25, 0.3) is 0 Å². The van der Waals surface area contributed by atoms with Gasteiger partial charge in [0.1, 0.15) is 0 Å². The number of imidazole rings is 1. The molecule has 0 unspecified atom stereocenters. The summed E-state index contributed by atoms with van der Waals surface area (Å²) in [7, 11) is -3.56. The fraction of sp³-hybridized carbons (Fsp3) is 0.400. The average molecular weight is 286 g/mol. The Morgan fingerprint density at radius 2 is 2.28 bits per heavy atom. The third-order valence-electron chi connectivity index (χ3n) is 2.23. The van der Waals surface area contributed by atoms with E-state index in [-0.39, 0.29) is 4.21 Å². The van der Waals surface area contributed by atoms with Crippen molar-refractivity contribution in [3.63, 3.8) is 0 Å². The molecule has 0 atom stereocenters. The van der Waals surface area contributed by atoms with E-state index in [2.05, 4.69) is 14.1 Å². The largest absolute Gasteiger partial charge is 0.335 e. The molecule has 8 heteroatoms. The van der Waals surface area contributed by atoms with Crippen molar-refractivity contribution in [1.29, 1.82) is 0 Å². The van der Waals surface area contributed by atoms with Gasteiger partial charge in [-0.3, -0.25) is 4.72 Å². The van der Waals surface area contributed by atoms with E-state index in [9.17, 15) is 8.42 Å². The van der Waals surface area contributed by atoms with Crippen LogP contribution in [0.4, 0.5) is 5.82 Å². The van der Waals surface area contributed by atoms with Crippen LogP contribution >= 0.6 is 11.5 Å². The molecule has 0 aromatic carbocycles. The van der Waals surface area contributed by atoms with Crippen LogP contribution in [0, 0.1) is 6.92 Å². The molecule has 18 heavy (non-hydrogen) atoms. The number of aryl methyl sites for hydroxylation is 2. The van der Waals surface area contributed by atoms with Crippen molar-refractivity contribution in [3.8, 4) is 0 Å². The summed E-state index contributed by atoms with van der Waals surface area (Å²) in [4.78, 5) is 4.01. The zero-order valence-corrected chi connectivity index (χ0v) is 11.8. The van der Waals surface area contributed by atoms with Gasteiger partial charge < -0.3 is 4.57 Å². The lowest BCUT2D eigenvalue weighted by Gasteiger charge is -2.01. The Bertz CT molecular complexity index is 630. The quantitative estimate of drug-likeness (QED) is 0.910. The first kappa shape index (κ1) is 13.0. The van der Waals surface area contributed by atoms with Crippen molar-refractivity contribution < 1.29 is 8.42 Å². The van der Waals surface area contributed by atoms with Gasteiger partial charge in [0, 0.05) is 12.7 Å². The molecule has 0 aliphatic rings. The highest BCUT2D eigenvalue weighted by Crippen LogP contribution is 2.19. The highest BCUT2D eigenvalue weighted by molar-refractivity contribution is 7.94. The van der Waals surface area contributed by atoms with E-state index in [4.69, 9.17) is 0 Å². The number of hydrogen-bond acceptors (Lipinski definition) is 5. The molecule has 0 amide bonds. The predicted octanol–water partition coefficient (Wildman–Crippen LogP) is 1.86.